The van der Waals surface area contributed by atoms with E-state index >= 15 is 0 Å². The van der Waals surface area contributed by atoms with Crippen LogP contribution in [0.4, 0.5) is 0 Å². The topological polar surface area (TPSA) is 77.8 Å². The first kappa shape index (κ1) is 22.2. The van der Waals surface area contributed by atoms with Crippen LogP contribution >= 0.6 is 0 Å². The van der Waals surface area contributed by atoms with Gasteiger partial charge >= 0.3 is 5.97 Å². The van der Waals surface area contributed by atoms with Gasteiger partial charge in [-0.3, -0.25) is 0 Å². The molecule has 4 nitrogen and oxygen atoms in total. The lowest BCUT2D eigenvalue weighted by Crippen LogP contribution is -2.05. The molecule has 0 aliphatic heterocycles. The molecule has 0 heterocycles. The highest BCUT2D eigenvalue weighted by atomic mass is 16.4. The zero-order valence-electron chi connectivity index (χ0n) is 14.7. The number of unbranched alkanes of at least 4 members (excludes halogenated alkanes) is 5. The molecule has 136 valence electrons. The maximum absolute atomic E-state index is 10.2. The van der Waals surface area contributed by atoms with Crippen molar-refractivity contribution < 1.29 is 20.1 Å². The number of carboxylic acids is 1. The molecule has 0 saturated carbocycles. The number of aliphatic carboxylic acids is 1. The molecule has 0 saturated heterocycles. The van der Waals surface area contributed by atoms with E-state index in [1.165, 1.54) is 18.9 Å². The summed E-state index contributed by atoms with van der Waals surface area (Å²) in [5, 5.41) is 27.8. The second-order valence-corrected chi connectivity index (χ2v) is 5.86. The summed E-state index contributed by atoms with van der Waals surface area (Å²) in [5.41, 5.74) is 0. The van der Waals surface area contributed by atoms with Crippen molar-refractivity contribution in [2.75, 3.05) is 0 Å². The number of aliphatic hydroxyl groups excluding tert-OH is 2. The van der Waals surface area contributed by atoms with Gasteiger partial charge in [0, 0.05) is 6.08 Å². The van der Waals surface area contributed by atoms with E-state index < -0.39 is 5.97 Å². The number of hydrogen-bond donors (Lipinski definition) is 3. The van der Waals surface area contributed by atoms with E-state index in [0.29, 0.717) is 0 Å². The van der Waals surface area contributed by atoms with Crippen molar-refractivity contribution in [1.82, 2.24) is 0 Å². The van der Waals surface area contributed by atoms with Gasteiger partial charge in [0.05, 0.1) is 6.10 Å². The highest BCUT2D eigenvalue weighted by Crippen LogP contribution is 2.12. The Kier molecular flexibility index (Phi) is 14.9. The summed E-state index contributed by atoms with van der Waals surface area (Å²) in [4.78, 5) is 10.2. The van der Waals surface area contributed by atoms with Gasteiger partial charge in [-0.1, -0.05) is 63.3 Å². The van der Waals surface area contributed by atoms with E-state index in [1.807, 2.05) is 0 Å². The fraction of sp³-hybridized carbons (Fsp3) is 0.550. The number of hydrogen-bond acceptors (Lipinski definition) is 3. The van der Waals surface area contributed by atoms with Crippen molar-refractivity contribution in [2.24, 2.45) is 0 Å². The first-order valence-electron chi connectivity index (χ1n) is 8.87. The number of carboxylic acid groups (broad SMARTS) is 1. The number of rotatable bonds is 14. The summed E-state index contributed by atoms with van der Waals surface area (Å²) in [6.07, 6.45) is 19.7. The minimum absolute atomic E-state index is 0.162. The molecule has 0 aromatic carbocycles. The van der Waals surface area contributed by atoms with E-state index in [1.54, 1.807) is 30.4 Å². The quantitative estimate of drug-likeness (QED) is 0.179. The molecule has 3 N–H and O–H groups in total. The Labute approximate surface area is 145 Å². The van der Waals surface area contributed by atoms with Crippen molar-refractivity contribution >= 4 is 5.97 Å². The molecule has 0 spiro atoms. The summed E-state index contributed by atoms with van der Waals surface area (Å²) in [6, 6.07) is 0. The van der Waals surface area contributed by atoms with E-state index in [0.717, 1.165) is 51.0 Å². The van der Waals surface area contributed by atoms with Crippen LogP contribution in [0.1, 0.15) is 64.7 Å². The van der Waals surface area contributed by atoms with Crippen LogP contribution in [0.25, 0.3) is 0 Å². The Bertz CT molecular complexity index is 433. The number of allylic oxidation sites excluding steroid dienone is 6. The molecular weight excluding hydrogens is 304 g/mol. The van der Waals surface area contributed by atoms with Crippen LogP contribution in [0.5, 0.6) is 0 Å². The van der Waals surface area contributed by atoms with Gasteiger partial charge in [0.25, 0.3) is 0 Å². The SMILES string of the molecule is CCCCCC(O)CCCCC/C=C(O)/C=C/C=C/C=C/C(=O)O. The van der Waals surface area contributed by atoms with Crippen LogP contribution < -0.4 is 0 Å². The zero-order chi connectivity index (χ0) is 18.0. The average Bonchev–Trinajstić information content (AvgIpc) is 2.54. The van der Waals surface area contributed by atoms with Crippen LogP contribution in [-0.2, 0) is 4.79 Å². The van der Waals surface area contributed by atoms with Crippen LogP contribution in [0, 0.1) is 0 Å². The van der Waals surface area contributed by atoms with Crippen LogP contribution in [0.2, 0.25) is 0 Å². The second-order valence-electron chi connectivity index (χ2n) is 5.86. The van der Waals surface area contributed by atoms with Gasteiger partial charge in [0.15, 0.2) is 0 Å². The van der Waals surface area contributed by atoms with Gasteiger partial charge in [-0.25, -0.2) is 4.79 Å². The lowest BCUT2D eigenvalue weighted by atomic mass is 10.0. The lowest BCUT2D eigenvalue weighted by Gasteiger charge is -2.09. The molecule has 0 aromatic heterocycles. The third kappa shape index (κ3) is 16.6. The molecule has 1 atom stereocenters. The summed E-state index contributed by atoms with van der Waals surface area (Å²) in [6.45, 7) is 2.16. The summed E-state index contributed by atoms with van der Waals surface area (Å²) < 4.78 is 0. The minimum Gasteiger partial charge on any atom is -0.508 e. The van der Waals surface area contributed by atoms with Crippen molar-refractivity contribution in [2.45, 2.75) is 70.8 Å². The summed E-state index contributed by atoms with van der Waals surface area (Å²) >= 11 is 0. The van der Waals surface area contributed by atoms with Crippen molar-refractivity contribution in [1.29, 1.82) is 0 Å². The van der Waals surface area contributed by atoms with E-state index in [4.69, 9.17) is 5.11 Å². The largest absolute Gasteiger partial charge is 0.508 e. The Morgan fingerprint density at radius 3 is 2.12 bits per heavy atom. The molecule has 0 aromatic rings. The predicted molar refractivity (Wildman–Crippen MR) is 99.0 cm³/mol. The predicted octanol–water partition coefficient (Wildman–Crippen LogP) is 5.07. The van der Waals surface area contributed by atoms with Gasteiger partial charge in [-0.15, -0.1) is 0 Å². The third-order valence-electron chi connectivity index (χ3n) is 3.57. The molecule has 24 heavy (non-hydrogen) atoms. The Morgan fingerprint density at radius 1 is 0.875 bits per heavy atom. The highest BCUT2D eigenvalue weighted by Gasteiger charge is 2.02. The smallest absolute Gasteiger partial charge is 0.328 e. The van der Waals surface area contributed by atoms with Gasteiger partial charge in [-0.2, -0.15) is 0 Å². The fourth-order valence-corrected chi connectivity index (χ4v) is 2.21. The monoisotopic (exact) mass is 336 g/mol. The maximum Gasteiger partial charge on any atom is 0.328 e. The first-order chi connectivity index (χ1) is 11.6. The molecule has 0 bridgehead atoms. The molecule has 0 amide bonds. The van der Waals surface area contributed by atoms with Crippen molar-refractivity contribution in [3.63, 3.8) is 0 Å². The molecule has 0 rings (SSSR count). The summed E-state index contributed by atoms with van der Waals surface area (Å²) in [7, 11) is 0. The Hall–Kier alpha value is -1.81. The minimum atomic E-state index is -0.986. The Balaban J connectivity index is 3.70. The standard InChI is InChI=1S/C20H32O4/c1-2-3-8-13-18(21)14-9-4-5-10-15-19(22)16-11-6-7-12-17-20(23)24/h6-7,11-12,15-18,21-22H,2-5,8-10,13-14H2,1H3,(H,23,24)/b7-6+,16-11+,17-12+,19-15-. The normalized spacial score (nSPS) is 14.2. The van der Waals surface area contributed by atoms with Gasteiger partial charge in [-0.05, 0) is 37.8 Å². The number of aliphatic hydroxyl groups is 2. The Morgan fingerprint density at radius 2 is 1.50 bits per heavy atom. The fourth-order valence-electron chi connectivity index (χ4n) is 2.21. The molecule has 0 aliphatic carbocycles. The second kappa shape index (κ2) is 16.1. The molecule has 1 unspecified atom stereocenters. The molecule has 0 aliphatic rings. The van der Waals surface area contributed by atoms with Crippen molar-refractivity contribution in [3.05, 3.63) is 48.3 Å². The summed E-state index contributed by atoms with van der Waals surface area (Å²) in [5.74, 6) is -0.777. The zero-order valence-corrected chi connectivity index (χ0v) is 14.7. The van der Waals surface area contributed by atoms with Crippen LogP contribution in [-0.4, -0.2) is 27.4 Å². The van der Waals surface area contributed by atoms with Crippen LogP contribution in [0.3, 0.4) is 0 Å². The number of carbonyl (C=O) groups is 1. The molecular formula is C20H32O4. The maximum atomic E-state index is 10.2. The third-order valence-corrected chi connectivity index (χ3v) is 3.57. The molecule has 0 fully saturated rings. The lowest BCUT2D eigenvalue weighted by molar-refractivity contribution is -0.131. The highest BCUT2D eigenvalue weighted by molar-refractivity contribution is 5.80. The van der Waals surface area contributed by atoms with Gasteiger partial charge in [0.1, 0.15) is 5.76 Å². The van der Waals surface area contributed by atoms with E-state index in [-0.39, 0.29) is 11.9 Å². The van der Waals surface area contributed by atoms with Gasteiger partial charge in [0.2, 0.25) is 0 Å². The first-order valence-corrected chi connectivity index (χ1v) is 8.87. The van der Waals surface area contributed by atoms with Crippen molar-refractivity contribution in [3.8, 4) is 0 Å². The van der Waals surface area contributed by atoms with E-state index in [2.05, 4.69) is 6.92 Å². The van der Waals surface area contributed by atoms with Crippen LogP contribution in [0.15, 0.2) is 48.3 Å². The van der Waals surface area contributed by atoms with Gasteiger partial charge < -0.3 is 15.3 Å². The van der Waals surface area contributed by atoms with E-state index in [9.17, 15) is 15.0 Å². The molecule has 0 radical (unpaired) electrons. The average molecular weight is 336 g/mol. The molecule has 4 heteroatoms.